The van der Waals surface area contributed by atoms with E-state index in [1.807, 2.05) is 19.2 Å². The monoisotopic (exact) mass is 257 g/mol. The molecule has 1 heterocycles. The van der Waals surface area contributed by atoms with Gasteiger partial charge in [0.05, 0.1) is 6.10 Å². The van der Waals surface area contributed by atoms with E-state index in [1.54, 1.807) is 0 Å². The van der Waals surface area contributed by atoms with Crippen LogP contribution < -0.4 is 0 Å². The first-order valence-corrected chi connectivity index (χ1v) is 7.81. The summed E-state index contributed by atoms with van der Waals surface area (Å²) >= 11 is 0. The third-order valence-electron chi connectivity index (χ3n) is 5.94. The number of aryl methyl sites for hydroxylation is 1. The Morgan fingerprint density at radius 1 is 1.05 bits per heavy atom. The van der Waals surface area contributed by atoms with Gasteiger partial charge in [-0.3, -0.25) is 4.98 Å². The predicted molar refractivity (Wildman–Crippen MR) is 74.5 cm³/mol. The van der Waals surface area contributed by atoms with E-state index in [9.17, 15) is 5.11 Å². The van der Waals surface area contributed by atoms with Crippen molar-refractivity contribution in [3.8, 4) is 0 Å². The summed E-state index contributed by atoms with van der Waals surface area (Å²) < 4.78 is 0. The summed E-state index contributed by atoms with van der Waals surface area (Å²) in [6, 6.07) is 4.09. The quantitative estimate of drug-likeness (QED) is 0.879. The lowest BCUT2D eigenvalue weighted by atomic mass is 9.50. The zero-order chi connectivity index (χ0) is 13.0. The van der Waals surface area contributed by atoms with Crippen LogP contribution in [0.25, 0.3) is 0 Å². The van der Waals surface area contributed by atoms with Gasteiger partial charge >= 0.3 is 0 Å². The number of rotatable bonds is 2. The van der Waals surface area contributed by atoms with Gasteiger partial charge in [0.15, 0.2) is 0 Å². The van der Waals surface area contributed by atoms with Gasteiger partial charge in [0.1, 0.15) is 0 Å². The molecular formula is C17H23NO. The number of aliphatic hydroxyl groups is 1. The van der Waals surface area contributed by atoms with E-state index in [2.05, 4.69) is 11.1 Å². The molecule has 4 fully saturated rings. The molecule has 1 aromatic rings. The van der Waals surface area contributed by atoms with E-state index in [4.69, 9.17) is 0 Å². The van der Waals surface area contributed by atoms with Crippen LogP contribution in [-0.2, 0) is 0 Å². The maximum Gasteiger partial charge on any atom is 0.0838 e. The molecule has 19 heavy (non-hydrogen) atoms. The molecule has 4 bridgehead atoms. The molecule has 1 unspecified atom stereocenters. The third-order valence-corrected chi connectivity index (χ3v) is 5.94. The SMILES string of the molecule is Cc1ccc(C(O)C2C3CC4CC(C3)CC2C4)cn1. The van der Waals surface area contributed by atoms with E-state index in [0.29, 0.717) is 5.92 Å². The lowest BCUT2D eigenvalue weighted by Gasteiger charge is -2.55. The second-order valence-electron chi connectivity index (χ2n) is 7.19. The molecule has 2 nitrogen and oxygen atoms in total. The molecule has 0 radical (unpaired) electrons. The van der Waals surface area contributed by atoms with E-state index in [-0.39, 0.29) is 6.10 Å². The molecule has 0 aliphatic heterocycles. The Labute approximate surface area is 115 Å². The van der Waals surface area contributed by atoms with Crippen molar-refractivity contribution in [1.82, 2.24) is 4.98 Å². The highest BCUT2D eigenvalue weighted by molar-refractivity contribution is 5.18. The molecule has 4 aliphatic rings. The number of nitrogens with zero attached hydrogens (tertiary/aromatic N) is 1. The molecule has 102 valence electrons. The summed E-state index contributed by atoms with van der Waals surface area (Å²) in [5.41, 5.74) is 2.06. The molecule has 0 amide bonds. The highest BCUT2D eigenvalue weighted by Crippen LogP contribution is 2.59. The van der Waals surface area contributed by atoms with Crippen molar-refractivity contribution in [2.75, 3.05) is 0 Å². The average molecular weight is 257 g/mol. The zero-order valence-corrected chi connectivity index (χ0v) is 11.6. The maximum atomic E-state index is 10.8. The Morgan fingerprint density at radius 3 is 2.21 bits per heavy atom. The molecule has 1 atom stereocenters. The van der Waals surface area contributed by atoms with Crippen LogP contribution in [0.1, 0.15) is 49.5 Å². The summed E-state index contributed by atoms with van der Waals surface area (Å²) in [6.07, 6.45) is 8.54. The van der Waals surface area contributed by atoms with Crippen molar-refractivity contribution in [1.29, 1.82) is 0 Å². The lowest BCUT2D eigenvalue weighted by molar-refractivity contribution is -0.0908. The third kappa shape index (κ3) is 1.92. The van der Waals surface area contributed by atoms with Crippen LogP contribution in [0.2, 0.25) is 0 Å². The fraction of sp³-hybridized carbons (Fsp3) is 0.706. The molecule has 0 spiro atoms. The van der Waals surface area contributed by atoms with Gasteiger partial charge in [0.2, 0.25) is 0 Å². The van der Waals surface area contributed by atoms with Crippen molar-refractivity contribution < 1.29 is 5.11 Å². The van der Waals surface area contributed by atoms with Gasteiger partial charge in [-0.25, -0.2) is 0 Å². The van der Waals surface area contributed by atoms with Crippen molar-refractivity contribution >= 4 is 0 Å². The highest BCUT2D eigenvalue weighted by atomic mass is 16.3. The van der Waals surface area contributed by atoms with E-state index in [0.717, 1.165) is 34.9 Å². The number of aromatic nitrogens is 1. The topological polar surface area (TPSA) is 33.1 Å². The van der Waals surface area contributed by atoms with E-state index in [1.165, 1.54) is 32.1 Å². The van der Waals surface area contributed by atoms with Crippen LogP contribution >= 0.6 is 0 Å². The standard InChI is InChI=1S/C17H23NO/c1-10-2-3-13(9-18-10)17(19)16-14-5-11-4-12(7-14)8-15(16)6-11/h2-3,9,11-12,14-17,19H,4-8H2,1H3. The van der Waals surface area contributed by atoms with Gasteiger partial charge in [-0.1, -0.05) is 6.07 Å². The van der Waals surface area contributed by atoms with Crippen molar-refractivity contribution in [2.24, 2.45) is 29.6 Å². The lowest BCUT2D eigenvalue weighted by Crippen LogP contribution is -2.47. The van der Waals surface area contributed by atoms with Crippen LogP contribution in [0.4, 0.5) is 0 Å². The van der Waals surface area contributed by atoms with Gasteiger partial charge in [-0.15, -0.1) is 0 Å². The minimum atomic E-state index is -0.289. The smallest absolute Gasteiger partial charge is 0.0838 e. The van der Waals surface area contributed by atoms with E-state index < -0.39 is 0 Å². The number of hydrogen-bond acceptors (Lipinski definition) is 2. The van der Waals surface area contributed by atoms with Crippen LogP contribution in [0.15, 0.2) is 18.3 Å². The predicted octanol–water partition coefficient (Wildman–Crippen LogP) is 3.50. The molecule has 0 saturated heterocycles. The second-order valence-corrected chi connectivity index (χ2v) is 7.19. The highest BCUT2D eigenvalue weighted by Gasteiger charge is 2.50. The van der Waals surface area contributed by atoms with Gasteiger partial charge in [-0.2, -0.15) is 0 Å². The number of aliphatic hydroxyl groups excluding tert-OH is 1. The maximum absolute atomic E-state index is 10.8. The summed E-state index contributed by atoms with van der Waals surface area (Å²) in [6.45, 7) is 2.00. The Kier molecular flexibility index (Phi) is 2.70. The number of hydrogen-bond donors (Lipinski definition) is 1. The summed E-state index contributed by atoms with van der Waals surface area (Å²) in [4.78, 5) is 4.35. The minimum absolute atomic E-state index is 0.289. The first-order valence-electron chi connectivity index (χ1n) is 7.81. The molecule has 0 aromatic carbocycles. The fourth-order valence-electron chi connectivity index (χ4n) is 5.36. The second kappa shape index (κ2) is 4.31. The summed E-state index contributed by atoms with van der Waals surface area (Å²) in [7, 11) is 0. The Hall–Kier alpha value is -0.890. The Balaban J connectivity index is 1.60. The van der Waals surface area contributed by atoms with Crippen LogP contribution in [0, 0.1) is 36.5 Å². The minimum Gasteiger partial charge on any atom is -0.388 e. The normalized spacial score (nSPS) is 41.5. The average Bonchev–Trinajstić information content (AvgIpc) is 2.38. The molecule has 4 saturated carbocycles. The molecule has 1 N–H and O–H groups in total. The van der Waals surface area contributed by atoms with Crippen LogP contribution in [0.3, 0.4) is 0 Å². The van der Waals surface area contributed by atoms with Gasteiger partial charge in [0.25, 0.3) is 0 Å². The first-order chi connectivity index (χ1) is 9.20. The van der Waals surface area contributed by atoms with Gasteiger partial charge in [-0.05, 0) is 80.2 Å². The summed E-state index contributed by atoms with van der Waals surface area (Å²) in [5, 5.41) is 10.8. The van der Waals surface area contributed by atoms with Gasteiger partial charge in [0, 0.05) is 11.9 Å². The largest absolute Gasteiger partial charge is 0.388 e. The molecule has 2 heteroatoms. The van der Waals surface area contributed by atoms with Crippen molar-refractivity contribution in [3.05, 3.63) is 29.6 Å². The molecule has 4 aliphatic carbocycles. The zero-order valence-electron chi connectivity index (χ0n) is 11.6. The molecule has 5 rings (SSSR count). The number of pyridine rings is 1. The van der Waals surface area contributed by atoms with Crippen LogP contribution in [-0.4, -0.2) is 10.1 Å². The first kappa shape index (κ1) is 11.9. The Bertz CT molecular complexity index is 439. The van der Waals surface area contributed by atoms with Crippen molar-refractivity contribution in [2.45, 2.75) is 45.1 Å². The van der Waals surface area contributed by atoms with Crippen molar-refractivity contribution in [3.63, 3.8) is 0 Å². The summed E-state index contributed by atoms with van der Waals surface area (Å²) in [5.74, 6) is 3.99. The van der Waals surface area contributed by atoms with E-state index >= 15 is 0 Å². The molecular weight excluding hydrogens is 234 g/mol. The van der Waals surface area contributed by atoms with Gasteiger partial charge < -0.3 is 5.11 Å². The fourth-order valence-corrected chi connectivity index (χ4v) is 5.36. The Morgan fingerprint density at radius 2 is 1.68 bits per heavy atom. The molecule has 1 aromatic heterocycles. The van der Waals surface area contributed by atoms with Crippen LogP contribution in [0.5, 0.6) is 0 Å².